The molecule has 7 nitrogen and oxygen atoms in total. The summed E-state index contributed by atoms with van der Waals surface area (Å²) >= 11 is 0. The second kappa shape index (κ2) is 6.07. The van der Waals surface area contributed by atoms with Crippen LogP contribution in [0, 0.1) is 19.8 Å². The van der Waals surface area contributed by atoms with Crippen LogP contribution in [0.25, 0.3) is 17.0 Å². The molecule has 3 heterocycles. The topological polar surface area (TPSA) is 85.3 Å². The number of carbonyl (C=O) groups is 1. The molecule has 0 aromatic carbocycles. The number of nitrogens with zero attached hydrogens (tertiary/aromatic N) is 4. The fourth-order valence-corrected chi connectivity index (χ4v) is 3.00. The molecule has 27 heavy (non-hydrogen) atoms. The molecule has 0 spiro atoms. The number of nitrogens with one attached hydrogen (secondary N) is 1. The third-order valence-electron chi connectivity index (χ3n) is 4.51. The van der Waals surface area contributed by atoms with Crippen LogP contribution in [0.2, 0.25) is 0 Å². The number of alkyl halides is 3. The Morgan fingerprint density at radius 1 is 1.30 bits per heavy atom. The Kier molecular flexibility index (Phi) is 3.93. The molecule has 10 heteroatoms. The number of carbonyl (C=O) groups excluding carboxylic acids is 1. The summed E-state index contributed by atoms with van der Waals surface area (Å²) in [5.74, 6) is -0.966. The van der Waals surface area contributed by atoms with Crippen molar-refractivity contribution in [2.24, 2.45) is 5.92 Å². The van der Waals surface area contributed by atoms with Crippen molar-refractivity contribution in [3.8, 4) is 11.4 Å². The Bertz CT molecular complexity index is 1020. The Labute approximate surface area is 151 Å². The maximum absolute atomic E-state index is 13.2. The van der Waals surface area contributed by atoms with Gasteiger partial charge in [-0.25, -0.2) is 14.5 Å². The predicted octanol–water partition coefficient (Wildman–Crippen LogP) is 3.07. The Morgan fingerprint density at radius 2 is 2.04 bits per heavy atom. The van der Waals surface area contributed by atoms with Crippen molar-refractivity contribution < 1.29 is 22.4 Å². The monoisotopic (exact) mass is 379 g/mol. The number of fused-ring (bicyclic) bond motifs is 1. The molecule has 0 radical (unpaired) electrons. The zero-order valence-electron chi connectivity index (χ0n) is 14.5. The fourth-order valence-electron chi connectivity index (χ4n) is 3.00. The van der Waals surface area contributed by atoms with Crippen molar-refractivity contribution in [3.05, 3.63) is 35.7 Å². The van der Waals surface area contributed by atoms with E-state index in [4.69, 9.17) is 4.42 Å². The van der Waals surface area contributed by atoms with Crippen LogP contribution in [-0.4, -0.2) is 37.7 Å². The van der Waals surface area contributed by atoms with Gasteiger partial charge in [-0.15, -0.1) is 0 Å². The summed E-state index contributed by atoms with van der Waals surface area (Å²) in [5, 5.41) is 6.18. The molecule has 0 aliphatic heterocycles. The van der Waals surface area contributed by atoms with Crippen LogP contribution in [-0.2, 0) is 0 Å². The molecule has 1 unspecified atom stereocenters. The standard InChI is InChI=1S/C17H16F3N5O2/c1-8-5-12(13-7-27-9(2)22-13)23-15-11(6-21-25(8)15)16(26)24-14(10-3-4-10)17(18,19)20/h5-7,10,14H,3-4H2,1-2H3,(H,24,26). The second-order valence-corrected chi connectivity index (χ2v) is 6.66. The zero-order valence-corrected chi connectivity index (χ0v) is 14.5. The number of rotatable bonds is 4. The number of hydrogen-bond donors (Lipinski definition) is 1. The van der Waals surface area contributed by atoms with Crippen LogP contribution in [0.3, 0.4) is 0 Å². The van der Waals surface area contributed by atoms with E-state index < -0.39 is 24.0 Å². The maximum atomic E-state index is 13.2. The van der Waals surface area contributed by atoms with Gasteiger partial charge in [0.05, 0.1) is 11.9 Å². The molecule has 142 valence electrons. The maximum Gasteiger partial charge on any atom is 0.408 e. The normalized spacial score (nSPS) is 15.9. The largest absolute Gasteiger partial charge is 0.449 e. The Balaban J connectivity index is 1.71. The number of aryl methyl sites for hydroxylation is 2. The highest BCUT2D eigenvalue weighted by Crippen LogP contribution is 2.40. The summed E-state index contributed by atoms with van der Waals surface area (Å²) < 4.78 is 46.2. The molecular weight excluding hydrogens is 363 g/mol. The average molecular weight is 379 g/mol. The lowest BCUT2D eigenvalue weighted by Gasteiger charge is -2.20. The van der Waals surface area contributed by atoms with Crippen LogP contribution in [0.5, 0.6) is 0 Å². The molecule has 0 bridgehead atoms. The lowest BCUT2D eigenvalue weighted by Crippen LogP contribution is -2.46. The molecule has 1 aliphatic rings. The van der Waals surface area contributed by atoms with Crippen LogP contribution < -0.4 is 5.32 Å². The third-order valence-corrected chi connectivity index (χ3v) is 4.51. The van der Waals surface area contributed by atoms with Gasteiger partial charge < -0.3 is 9.73 Å². The summed E-state index contributed by atoms with van der Waals surface area (Å²) in [6.45, 7) is 3.43. The summed E-state index contributed by atoms with van der Waals surface area (Å²) in [4.78, 5) is 21.1. The van der Waals surface area contributed by atoms with Gasteiger partial charge in [-0.1, -0.05) is 0 Å². The lowest BCUT2D eigenvalue weighted by molar-refractivity contribution is -0.158. The van der Waals surface area contributed by atoms with Crippen LogP contribution >= 0.6 is 0 Å². The van der Waals surface area contributed by atoms with Crippen molar-refractivity contribution in [2.75, 3.05) is 0 Å². The van der Waals surface area contributed by atoms with Crippen molar-refractivity contribution in [1.29, 1.82) is 0 Å². The first kappa shape index (κ1) is 17.5. The molecule has 3 aromatic heterocycles. The molecular formula is C17H16F3N5O2. The minimum Gasteiger partial charge on any atom is -0.449 e. The quantitative estimate of drug-likeness (QED) is 0.753. The molecule has 4 rings (SSSR count). The van der Waals surface area contributed by atoms with Crippen molar-refractivity contribution in [3.63, 3.8) is 0 Å². The molecule has 0 saturated heterocycles. The van der Waals surface area contributed by atoms with Gasteiger partial charge in [0, 0.05) is 12.6 Å². The van der Waals surface area contributed by atoms with E-state index in [9.17, 15) is 18.0 Å². The highest BCUT2D eigenvalue weighted by molar-refractivity contribution is 6.00. The van der Waals surface area contributed by atoms with Crippen LogP contribution in [0.15, 0.2) is 22.9 Å². The predicted molar refractivity (Wildman–Crippen MR) is 88.0 cm³/mol. The number of oxazole rings is 1. The molecule has 1 atom stereocenters. The average Bonchev–Trinajstić information content (AvgIpc) is 3.17. The minimum atomic E-state index is -4.49. The van der Waals surface area contributed by atoms with E-state index in [1.165, 1.54) is 17.0 Å². The first-order valence-corrected chi connectivity index (χ1v) is 8.39. The van der Waals surface area contributed by atoms with E-state index in [1.807, 2.05) is 0 Å². The van der Waals surface area contributed by atoms with Crippen LogP contribution in [0.1, 0.15) is 34.8 Å². The smallest absolute Gasteiger partial charge is 0.408 e. The van der Waals surface area contributed by atoms with Gasteiger partial charge in [0.2, 0.25) is 0 Å². The third kappa shape index (κ3) is 3.26. The number of halogens is 3. The minimum absolute atomic E-state index is 0.0185. The van der Waals surface area contributed by atoms with Crippen molar-refractivity contribution >= 4 is 11.6 Å². The van der Waals surface area contributed by atoms with E-state index in [1.54, 1.807) is 19.9 Å². The SMILES string of the molecule is Cc1nc(-c2cc(C)n3ncc(C(=O)NC(C4CC4)C(F)(F)F)c3n2)co1. The van der Waals surface area contributed by atoms with Gasteiger partial charge in [0.15, 0.2) is 11.5 Å². The van der Waals surface area contributed by atoms with Gasteiger partial charge in [0.1, 0.15) is 23.6 Å². The summed E-state index contributed by atoms with van der Waals surface area (Å²) in [7, 11) is 0. The first-order chi connectivity index (χ1) is 12.7. The van der Waals surface area contributed by atoms with E-state index in [0.717, 1.165) is 0 Å². The molecule has 1 amide bonds. The fraction of sp³-hybridized carbons (Fsp3) is 0.412. The van der Waals surface area contributed by atoms with Crippen LogP contribution in [0.4, 0.5) is 13.2 Å². The highest BCUT2D eigenvalue weighted by atomic mass is 19.4. The van der Waals surface area contributed by atoms with E-state index in [2.05, 4.69) is 20.4 Å². The first-order valence-electron chi connectivity index (χ1n) is 8.39. The van der Waals surface area contributed by atoms with Gasteiger partial charge in [-0.2, -0.15) is 18.3 Å². The van der Waals surface area contributed by atoms with E-state index in [0.29, 0.717) is 35.8 Å². The van der Waals surface area contributed by atoms with Crippen molar-refractivity contribution in [1.82, 2.24) is 24.9 Å². The highest BCUT2D eigenvalue weighted by Gasteiger charge is 2.49. The second-order valence-electron chi connectivity index (χ2n) is 6.66. The van der Waals surface area contributed by atoms with Gasteiger partial charge in [0.25, 0.3) is 5.91 Å². The number of amides is 1. The number of hydrogen-bond acceptors (Lipinski definition) is 5. The van der Waals surface area contributed by atoms with Gasteiger partial charge >= 0.3 is 6.18 Å². The Morgan fingerprint density at radius 3 is 2.63 bits per heavy atom. The van der Waals surface area contributed by atoms with Gasteiger partial charge in [-0.05, 0) is 31.7 Å². The molecule has 1 N–H and O–H groups in total. The molecule has 1 aliphatic carbocycles. The summed E-state index contributed by atoms with van der Waals surface area (Å²) in [6, 6.07) is -0.149. The number of aromatic nitrogens is 4. The Hall–Kier alpha value is -2.91. The molecule has 1 saturated carbocycles. The zero-order chi connectivity index (χ0) is 19.3. The summed E-state index contributed by atoms with van der Waals surface area (Å²) in [5.41, 5.74) is 1.72. The van der Waals surface area contributed by atoms with E-state index >= 15 is 0 Å². The molecule has 1 fully saturated rings. The summed E-state index contributed by atoms with van der Waals surface area (Å²) in [6.07, 6.45) is -0.940. The van der Waals surface area contributed by atoms with Gasteiger partial charge in [-0.3, -0.25) is 4.79 Å². The lowest BCUT2D eigenvalue weighted by atomic mass is 10.1. The van der Waals surface area contributed by atoms with E-state index in [-0.39, 0.29) is 11.2 Å². The molecule has 3 aromatic rings. The van der Waals surface area contributed by atoms with Crippen molar-refractivity contribution in [2.45, 2.75) is 38.9 Å².